The summed E-state index contributed by atoms with van der Waals surface area (Å²) in [6.45, 7) is 1.43. The van der Waals surface area contributed by atoms with Gasteiger partial charge < -0.3 is 15.4 Å². The molecule has 1 aliphatic heterocycles. The number of amides is 1. The van der Waals surface area contributed by atoms with Crippen molar-refractivity contribution in [3.63, 3.8) is 0 Å². The second kappa shape index (κ2) is 6.47. The van der Waals surface area contributed by atoms with Gasteiger partial charge in [-0.05, 0) is 36.6 Å². The first-order chi connectivity index (χ1) is 10.6. The number of carbonyl (C=O) groups excluding carboxylic acids is 1. The minimum Gasteiger partial charge on any atom is -0.384 e. The van der Waals surface area contributed by atoms with Crippen molar-refractivity contribution >= 4 is 23.2 Å². The molecule has 1 aromatic rings. The molecule has 1 heterocycles. The molecule has 4 nitrogen and oxygen atoms in total. The second-order valence-corrected chi connectivity index (χ2v) is 7.00. The Morgan fingerprint density at radius 3 is 2.95 bits per heavy atom. The summed E-state index contributed by atoms with van der Waals surface area (Å²) in [5.41, 5.74) is 2.25. The van der Waals surface area contributed by atoms with Gasteiger partial charge in [-0.25, -0.2) is 0 Å². The molecule has 0 aromatic heterocycles. The van der Waals surface area contributed by atoms with Crippen LogP contribution >= 0.6 is 11.6 Å². The van der Waals surface area contributed by atoms with E-state index in [1.807, 2.05) is 18.2 Å². The predicted octanol–water partition coefficient (Wildman–Crippen LogP) is 3.00. The molecule has 2 N–H and O–H groups in total. The van der Waals surface area contributed by atoms with Crippen LogP contribution in [0.15, 0.2) is 18.2 Å². The molecule has 22 heavy (non-hydrogen) atoms. The zero-order chi connectivity index (χ0) is 15.6. The van der Waals surface area contributed by atoms with Crippen molar-refractivity contribution in [2.75, 3.05) is 25.6 Å². The van der Waals surface area contributed by atoms with Crippen molar-refractivity contribution in [1.82, 2.24) is 5.32 Å². The van der Waals surface area contributed by atoms with Crippen LogP contribution in [0.4, 0.5) is 5.69 Å². The number of fused-ring (bicyclic) bond motifs is 1. The molecule has 1 fully saturated rings. The number of halogens is 1. The molecule has 1 unspecified atom stereocenters. The summed E-state index contributed by atoms with van der Waals surface area (Å²) >= 11 is 6.01. The molecular formula is C17H23ClN2O2. The molecule has 0 saturated heterocycles. The molecule has 1 saturated carbocycles. The smallest absolute Gasteiger partial charge is 0.242 e. The number of anilines is 1. The lowest BCUT2D eigenvalue weighted by atomic mass is 9.87. The van der Waals surface area contributed by atoms with Gasteiger partial charge in [-0.1, -0.05) is 24.4 Å². The number of ether oxygens (including phenoxy) is 1. The van der Waals surface area contributed by atoms with Crippen LogP contribution in [0.25, 0.3) is 0 Å². The highest BCUT2D eigenvalue weighted by atomic mass is 35.5. The van der Waals surface area contributed by atoms with Crippen molar-refractivity contribution in [2.45, 2.75) is 38.1 Å². The van der Waals surface area contributed by atoms with Crippen LogP contribution in [0.1, 0.15) is 31.2 Å². The summed E-state index contributed by atoms with van der Waals surface area (Å²) in [4.78, 5) is 12.5. The molecule has 1 aliphatic carbocycles. The average Bonchev–Trinajstić information content (AvgIpc) is 3.12. The first-order valence-electron chi connectivity index (χ1n) is 7.93. The van der Waals surface area contributed by atoms with Crippen molar-refractivity contribution in [3.05, 3.63) is 28.8 Å². The first kappa shape index (κ1) is 15.6. The Morgan fingerprint density at radius 2 is 2.23 bits per heavy atom. The fourth-order valence-corrected chi connectivity index (χ4v) is 3.88. The Labute approximate surface area is 136 Å². The number of methoxy groups -OCH3 is 1. The minimum atomic E-state index is -0.200. The maximum Gasteiger partial charge on any atom is 0.242 e. The van der Waals surface area contributed by atoms with Crippen LogP contribution < -0.4 is 10.6 Å². The Balaban J connectivity index is 1.57. The number of hydrogen-bond donors (Lipinski definition) is 2. The molecular weight excluding hydrogens is 300 g/mol. The van der Waals surface area contributed by atoms with E-state index >= 15 is 0 Å². The summed E-state index contributed by atoms with van der Waals surface area (Å²) in [5, 5.41) is 7.12. The number of rotatable bonds is 5. The zero-order valence-corrected chi connectivity index (χ0v) is 13.7. The quantitative estimate of drug-likeness (QED) is 0.876. The van der Waals surface area contributed by atoms with Crippen molar-refractivity contribution in [2.24, 2.45) is 5.41 Å². The molecule has 0 bridgehead atoms. The lowest BCUT2D eigenvalue weighted by Gasteiger charge is -2.29. The minimum absolute atomic E-state index is 0.0645. The molecule has 120 valence electrons. The largest absolute Gasteiger partial charge is 0.384 e. The van der Waals surface area contributed by atoms with E-state index in [0.29, 0.717) is 18.0 Å². The number of hydrogen-bond acceptors (Lipinski definition) is 3. The zero-order valence-electron chi connectivity index (χ0n) is 13.0. The normalized spacial score (nSPS) is 22.2. The van der Waals surface area contributed by atoms with E-state index < -0.39 is 0 Å². The molecule has 0 radical (unpaired) electrons. The summed E-state index contributed by atoms with van der Waals surface area (Å²) < 4.78 is 5.37. The number of nitrogens with one attached hydrogen (secondary N) is 2. The maximum absolute atomic E-state index is 12.5. The third-order valence-corrected chi connectivity index (χ3v) is 5.13. The summed E-state index contributed by atoms with van der Waals surface area (Å²) in [6, 6.07) is 5.52. The van der Waals surface area contributed by atoms with Gasteiger partial charge in [0.1, 0.15) is 6.04 Å². The van der Waals surface area contributed by atoms with Gasteiger partial charge in [-0.15, -0.1) is 0 Å². The van der Waals surface area contributed by atoms with E-state index in [1.165, 1.54) is 12.8 Å². The van der Waals surface area contributed by atoms with Gasteiger partial charge in [0.05, 0.1) is 6.61 Å². The Hall–Kier alpha value is -1.26. The van der Waals surface area contributed by atoms with Crippen LogP contribution in [-0.2, 0) is 16.0 Å². The van der Waals surface area contributed by atoms with Crippen LogP contribution in [0.3, 0.4) is 0 Å². The van der Waals surface area contributed by atoms with Crippen LogP contribution in [0, 0.1) is 5.41 Å². The van der Waals surface area contributed by atoms with Gasteiger partial charge in [0.2, 0.25) is 5.91 Å². The molecule has 1 atom stereocenters. The van der Waals surface area contributed by atoms with Crippen molar-refractivity contribution in [3.8, 4) is 0 Å². The lowest BCUT2D eigenvalue weighted by Crippen LogP contribution is -2.44. The SMILES string of the molecule is COCC1(CNC(=O)C2Cc3cc(Cl)ccc3N2)CCCC1. The molecule has 1 aromatic carbocycles. The Morgan fingerprint density at radius 1 is 1.45 bits per heavy atom. The van der Waals surface area contributed by atoms with Crippen LogP contribution in [-0.4, -0.2) is 32.2 Å². The monoisotopic (exact) mass is 322 g/mol. The van der Waals surface area contributed by atoms with Gasteiger partial charge in [0.25, 0.3) is 0 Å². The topological polar surface area (TPSA) is 50.4 Å². The van der Waals surface area contributed by atoms with E-state index in [1.54, 1.807) is 7.11 Å². The van der Waals surface area contributed by atoms with E-state index in [-0.39, 0.29) is 17.4 Å². The van der Waals surface area contributed by atoms with Crippen LogP contribution in [0.5, 0.6) is 0 Å². The van der Waals surface area contributed by atoms with E-state index in [4.69, 9.17) is 16.3 Å². The third kappa shape index (κ3) is 3.23. The Kier molecular flexibility index (Phi) is 4.59. The third-order valence-electron chi connectivity index (χ3n) is 4.89. The highest BCUT2D eigenvalue weighted by molar-refractivity contribution is 6.30. The summed E-state index contributed by atoms with van der Waals surface area (Å²) in [7, 11) is 1.74. The highest BCUT2D eigenvalue weighted by Gasteiger charge is 2.35. The fraction of sp³-hybridized carbons (Fsp3) is 0.588. The van der Waals surface area contributed by atoms with Gasteiger partial charge in [-0.3, -0.25) is 4.79 Å². The van der Waals surface area contributed by atoms with Gasteiger partial charge in [0.15, 0.2) is 0 Å². The first-order valence-corrected chi connectivity index (χ1v) is 8.31. The van der Waals surface area contributed by atoms with Crippen molar-refractivity contribution in [1.29, 1.82) is 0 Å². The molecule has 3 rings (SSSR count). The standard InChI is InChI=1S/C17H23ClN2O2/c1-22-11-17(6-2-3-7-17)10-19-16(21)15-9-12-8-13(18)4-5-14(12)20-15/h4-5,8,15,20H,2-3,6-7,9-11H2,1H3,(H,19,21). The number of benzene rings is 1. The molecule has 0 spiro atoms. The molecule has 1 amide bonds. The second-order valence-electron chi connectivity index (χ2n) is 6.56. The maximum atomic E-state index is 12.5. The average molecular weight is 323 g/mol. The van der Waals surface area contributed by atoms with E-state index in [9.17, 15) is 4.79 Å². The van der Waals surface area contributed by atoms with Gasteiger partial charge >= 0.3 is 0 Å². The molecule has 2 aliphatic rings. The predicted molar refractivity (Wildman–Crippen MR) is 88.4 cm³/mol. The van der Waals surface area contributed by atoms with E-state index in [0.717, 1.165) is 30.7 Å². The van der Waals surface area contributed by atoms with Gasteiger partial charge in [0, 0.05) is 36.2 Å². The highest BCUT2D eigenvalue weighted by Crippen LogP contribution is 2.37. The van der Waals surface area contributed by atoms with E-state index in [2.05, 4.69) is 10.6 Å². The summed E-state index contributed by atoms with van der Waals surface area (Å²) in [6.07, 6.45) is 5.42. The fourth-order valence-electron chi connectivity index (χ4n) is 3.69. The summed E-state index contributed by atoms with van der Waals surface area (Å²) in [5.74, 6) is 0.0645. The molecule has 5 heteroatoms. The lowest BCUT2D eigenvalue weighted by molar-refractivity contribution is -0.122. The number of carbonyl (C=O) groups is 1. The van der Waals surface area contributed by atoms with Gasteiger partial charge in [-0.2, -0.15) is 0 Å². The Bertz CT molecular complexity index is 556. The van der Waals surface area contributed by atoms with Crippen molar-refractivity contribution < 1.29 is 9.53 Å². The van der Waals surface area contributed by atoms with Crippen LogP contribution in [0.2, 0.25) is 5.02 Å².